The third-order valence-corrected chi connectivity index (χ3v) is 4.10. The average molecular weight is 270 g/mol. The van der Waals surface area contributed by atoms with E-state index in [4.69, 9.17) is 5.73 Å². The number of nitrogens with two attached hydrogens (primary N) is 1. The molecule has 0 atom stereocenters. The molecule has 0 bridgehead atoms. The van der Waals surface area contributed by atoms with Gasteiger partial charge in [-0.1, -0.05) is 23.5 Å². The third-order valence-electron chi connectivity index (χ3n) is 2.03. The molecule has 0 saturated heterocycles. The molecule has 17 heavy (non-hydrogen) atoms. The number of benzene rings is 1. The fourth-order valence-electron chi connectivity index (χ4n) is 1.23. The molecule has 90 valence electrons. The summed E-state index contributed by atoms with van der Waals surface area (Å²) in [4.78, 5) is 0.163. The molecule has 3 N–H and O–H groups in total. The molecule has 1 aromatic carbocycles. The molecule has 0 aliphatic rings. The molecule has 8 heteroatoms. The topological polar surface area (TPSA) is 98.0 Å². The lowest BCUT2D eigenvalue weighted by molar-refractivity contribution is 0.601. The van der Waals surface area contributed by atoms with E-state index in [-0.39, 0.29) is 10.0 Å². The largest absolute Gasteiger partial charge is 0.326 e. The molecule has 0 aliphatic heterocycles. The van der Waals surface area contributed by atoms with E-state index in [9.17, 15) is 8.42 Å². The average Bonchev–Trinajstić information content (AvgIpc) is 2.81. The molecule has 0 aliphatic carbocycles. The Morgan fingerprint density at radius 1 is 1.41 bits per heavy atom. The van der Waals surface area contributed by atoms with Crippen molar-refractivity contribution in [2.24, 2.45) is 5.73 Å². The second-order valence-corrected chi connectivity index (χ2v) is 5.72. The highest BCUT2D eigenvalue weighted by molar-refractivity contribution is 7.93. The highest BCUT2D eigenvalue weighted by Crippen LogP contribution is 2.17. The SMILES string of the molecule is NCc1cccc(S(=O)(=O)Nc2nncs2)c1. The summed E-state index contributed by atoms with van der Waals surface area (Å²) in [5, 5.41) is 7.42. The monoisotopic (exact) mass is 270 g/mol. The Labute approximate surface area is 103 Å². The summed E-state index contributed by atoms with van der Waals surface area (Å²) in [6, 6.07) is 6.45. The van der Waals surface area contributed by atoms with Gasteiger partial charge in [0.05, 0.1) is 4.90 Å². The van der Waals surface area contributed by atoms with E-state index in [0.29, 0.717) is 6.54 Å². The van der Waals surface area contributed by atoms with Crippen LogP contribution in [0.25, 0.3) is 0 Å². The number of nitrogens with zero attached hydrogens (tertiary/aromatic N) is 2. The minimum atomic E-state index is -3.61. The van der Waals surface area contributed by atoms with E-state index in [1.165, 1.54) is 17.6 Å². The Morgan fingerprint density at radius 3 is 2.88 bits per heavy atom. The van der Waals surface area contributed by atoms with Gasteiger partial charge in [0.15, 0.2) is 0 Å². The molecule has 0 radical (unpaired) electrons. The Hall–Kier alpha value is -1.51. The molecule has 1 aromatic heterocycles. The smallest absolute Gasteiger partial charge is 0.263 e. The van der Waals surface area contributed by atoms with Crippen LogP contribution in [0.2, 0.25) is 0 Å². The van der Waals surface area contributed by atoms with Gasteiger partial charge in [0.2, 0.25) is 5.13 Å². The van der Waals surface area contributed by atoms with E-state index < -0.39 is 10.0 Å². The van der Waals surface area contributed by atoms with Crippen molar-refractivity contribution in [2.45, 2.75) is 11.4 Å². The lowest BCUT2D eigenvalue weighted by Crippen LogP contribution is -2.13. The van der Waals surface area contributed by atoms with Crippen molar-refractivity contribution in [1.29, 1.82) is 0 Å². The van der Waals surface area contributed by atoms with Gasteiger partial charge in [-0.25, -0.2) is 8.42 Å². The Balaban J connectivity index is 2.31. The quantitative estimate of drug-likeness (QED) is 0.856. The molecule has 2 rings (SSSR count). The van der Waals surface area contributed by atoms with E-state index in [1.807, 2.05) is 0 Å². The zero-order valence-electron chi connectivity index (χ0n) is 8.70. The van der Waals surface area contributed by atoms with Gasteiger partial charge in [-0.2, -0.15) is 0 Å². The van der Waals surface area contributed by atoms with Gasteiger partial charge >= 0.3 is 0 Å². The van der Waals surface area contributed by atoms with Crippen LogP contribution in [-0.4, -0.2) is 18.6 Å². The Kier molecular flexibility index (Phi) is 3.36. The molecule has 0 unspecified atom stereocenters. The number of hydrogen-bond donors (Lipinski definition) is 2. The predicted octanol–water partition coefficient (Wildman–Crippen LogP) is 0.798. The van der Waals surface area contributed by atoms with Gasteiger partial charge < -0.3 is 5.73 Å². The third kappa shape index (κ3) is 2.78. The lowest BCUT2D eigenvalue weighted by Gasteiger charge is -2.05. The summed E-state index contributed by atoms with van der Waals surface area (Å²) in [7, 11) is -3.61. The maximum atomic E-state index is 12.0. The summed E-state index contributed by atoms with van der Waals surface area (Å²) in [5.74, 6) is 0. The van der Waals surface area contributed by atoms with Crippen LogP contribution < -0.4 is 10.5 Å². The van der Waals surface area contributed by atoms with E-state index in [2.05, 4.69) is 14.9 Å². The first-order valence-corrected chi connectivity index (χ1v) is 7.06. The van der Waals surface area contributed by atoms with Crippen molar-refractivity contribution < 1.29 is 8.42 Å². The van der Waals surface area contributed by atoms with Crippen molar-refractivity contribution in [2.75, 3.05) is 4.72 Å². The molecule has 0 saturated carbocycles. The molecule has 2 aromatic rings. The van der Waals surface area contributed by atoms with Crippen molar-refractivity contribution in [3.8, 4) is 0 Å². The standard InChI is InChI=1S/C9H10N4O2S2/c10-5-7-2-1-3-8(4-7)17(14,15)13-9-12-11-6-16-9/h1-4,6H,5,10H2,(H,12,13). The number of nitrogens with one attached hydrogen (secondary N) is 1. The van der Waals surface area contributed by atoms with Crippen molar-refractivity contribution in [1.82, 2.24) is 10.2 Å². The second-order valence-electron chi connectivity index (χ2n) is 3.20. The molecule has 6 nitrogen and oxygen atoms in total. The minimum absolute atomic E-state index is 0.163. The minimum Gasteiger partial charge on any atom is -0.326 e. The summed E-state index contributed by atoms with van der Waals surface area (Å²) in [6.07, 6.45) is 0. The first-order chi connectivity index (χ1) is 8.12. The van der Waals surface area contributed by atoms with Crippen LogP contribution in [0, 0.1) is 0 Å². The van der Waals surface area contributed by atoms with Crippen LogP contribution in [0.15, 0.2) is 34.7 Å². The highest BCUT2D eigenvalue weighted by atomic mass is 32.2. The zero-order valence-corrected chi connectivity index (χ0v) is 10.3. The molecule has 1 heterocycles. The van der Waals surface area contributed by atoms with Crippen LogP contribution in [0.5, 0.6) is 0 Å². The highest BCUT2D eigenvalue weighted by Gasteiger charge is 2.15. The number of aromatic nitrogens is 2. The summed E-state index contributed by atoms with van der Waals surface area (Å²) in [6.45, 7) is 0.294. The number of sulfonamides is 1. The number of anilines is 1. The van der Waals surface area contributed by atoms with Gasteiger partial charge in [-0.3, -0.25) is 4.72 Å². The fraction of sp³-hybridized carbons (Fsp3) is 0.111. The summed E-state index contributed by atoms with van der Waals surface area (Å²) < 4.78 is 26.3. The number of rotatable bonds is 4. The first-order valence-electron chi connectivity index (χ1n) is 4.70. The summed E-state index contributed by atoms with van der Waals surface area (Å²) >= 11 is 1.12. The molecular weight excluding hydrogens is 260 g/mol. The van der Waals surface area contributed by atoms with Crippen molar-refractivity contribution in [3.63, 3.8) is 0 Å². The van der Waals surface area contributed by atoms with Gasteiger partial charge in [0.25, 0.3) is 10.0 Å². The van der Waals surface area contributed by atoms with Gasteiger partial charge in [0, 0.05) is 6.54 Å². The Bertz CT molecular complexity index is 595. The van der Waals surface area contributed by atoms with Crippen LogP contribution in [0.3, 0.4) is 0 Å². The molecule has 0 amide bonds. The maximum absolute atomic E-state index is 12.0. The summed E-state index contributed by atoms with van der Waals surface area (Å²) in [5.41, 5.74) is 7.67. The van der Waals surface area contributed by atoms with Gasteiger partial charge in [-0.05, 0) is 17.7 Å². The lowest BCUT2D eigenvalue weighted by atomic mass is 10.2. The molecular formula is C9H10N4O2S2. The second kappa shape index (κ2) is 4.78. The van der Waals surface area contributed by atoms with E-state index >= 15 is 0 Å². The van der Waals surface area contributed by atoms with Crippen LogP contribution in [0.4, 0.5) is 5.13 Å². The first kappa shape index (κ1) is 12.0. The number of hydrogen-bond acceptors (Lipinski definition) is 6. The van der Waals surface area contributed by atoms with Gasteiger partial charge in [-0.15, -0.1) is 10.2 Å². The van der Waals surface area contributed by atoms with Crippen molar-refractivity contribution in [3.05, 3.63) is 35.3 Å². The van der Waals surface area contributed by atoms with Crippen LogP contribution in [-0.2, 0) is 16.6 Å². The zero-order chi connectivity index (χ0) is 12.3. The van der Waals surface area contributed by atoms with Crippen LogP contribution in [0.1, 0.15) is 5.56 Å². The predicted molar refractivity (Wildman–Crippen MR) is 65.1 cm³/mol. The van der Waals surface area contributed by atoms with Crippen molar-refractivity contribution >= 4 is 26.5 Å². The van der Waals surface area contributed by atoms with Gasteiger partial charge in [0.1, 0.15) is 5.51 Å². The van der Waals surface area contributed by atoms with E-state index in [0.717, 1.165) is 16.9 Å². The van der Waals surface area contributed by atoms with E-state index in [1.54, 1.807) is 12.1 Å². The fourth-order valence-corrected chi connectivity index (χ4v) is 2.99. The Morgan fingerprint density at radius 2 is 2.24 bits per heavy atom. The normalized spacial score (nSPS) is 11.4. The molecule has 0 spiro atoms. The molecule has 0 fully saturated rings. The van der Waals surface area contributed by atoms with Crippen LogP contribution >= 0.6 is 11.3 Å². The maximum Gasteiger partial charge on any atom is 0.263 e.